The highest BCUT2D eigenvalue weighted by molar-refractivity contribution is 9.11. The van der Waals surface area contributed by atoms with Crippen molar-refractivity contribution in [2.75, 3.05) is 19.7 Å². The predicted octanol–water partition coefficient (Wildman–Crippen LogP) is 2.43. The molecule has 1 aliphatic heterocycles. The van der Waals surface area contributed by atoms with Gasteiger partial charge in [0.2, 0.25) is 0 Å². The topological polar surface area (TPSA) is 49.8 Å². The van der Waals surface area contributed by atoms with Crippen molar-refractivity contribution >= 4 is 37.8 Å². The highest BCUT2D eigenvalue weighted by Gasteiger charge is 2.29. The molecule has 1 amide bonds. The van der Waals surface area contributed by atoms with Crippen LogP contribution in [0.2, 0.25) is 0 Å². The molecule has 1 saturated heterocycles. The van der Waals surface area contributed by atoms with E-state index >= 15 is 0 Å². The molecule has 2 atom stereocenters. The summed E-state index contributed by atoms with van der Waals surface area (Å²) in [6.45, 7) is 2.79. The van der Waals surface area contributed by atoms with Crippen LogP contribution in [0.5, 0.6) is 0 Å². The average Bonchev–Trinajstić information content (AvgIpc) is 2.37. The van der Waals surface area contributed by atoms with Gasteiger partial charge in [-0.1, -0.05) is 15.9 Å². The van der Waals surface area contributed by atoms with Gasteiger partial charge >= 0.3 is 0 Å². The number of carbonyl (C=O) groups excluding carboxylic acids is 1. The summed E-state index contributed by atoms with van der Waals surface area (Å²) < 4.78 is 7.21. The van der Waals surface area contributed by atoms with Crippen LogP contribution >= 0.6 is 31.9 Å². The Balaban J connectivity index is 2.18. The maximum Gasteiger partial charge on any atom is 0.255 e. The first kappa shape index (κ1) is 15.0. The number of rotatable bonds is 2. The third-order valence-corrected chi connectivity index (χ3v) is 4.13. The highest BCUT2D eigenvalue weighted by atomic mass is 79.9. The van der Waals surface area contributed by atoms with E-state index in [1.165, 1.54) is 0 Å². The molecule has 104 valence electrons. The van der Waals surface area contributed by atoms with E-state index in [4.69, 9.17) is 4.74 Å². The summed E-state index contributed by atoms with van der Waals surface area (Å²) in [5, 5.41) is 9.19. The Bertz CT molecular complexity index is 481. The lowest BCUT2D eigenvalue weighted by Crippen LogP contribution is -2.50. The molecule has 1 fully saturated rings. The number of amides is 1. The van der Waals surface area contributed by atoms with Crippen LogP contribution in [0.4, 0.5) is 0 Å². The Labute approximate surface area is 129 Å². The fraction of sp³-hybridized carbons (Fsp3) is 0.462. The summed E-state index contributed by atoms with van der Waals surface area (Å²) >= 11 is 6.77. The van der Waals surface area contributed by atoms with Gasteiger partial charge < -0.3 is 14.7 Å². The Morgan fingerprint density at radius 1 is 1.47 bits per heavy atom. The molecular weight excluding hydrogens is 378 g/mol. The van der Waals surface area contributed by atoms with Gasteiger partial charge in [0.15, 0.2) is 0 Å². The molecule has 2 unspecified atom stereocenters. The number of aliphatic hydroxyl groups excluding tert-OH is 1. The molecule has 2 rings (SSSR count). The van der Waals surface area contributed by atoms with Crippen LogP contribution in [0.3, 0.4) is 0 Å². The van der Waals surface area contributed by atoms with Crippen molar-refractivity contribution in [2.45, 2.75) is 19.1 Å². The van der Waals surface area contributed by atoms with Gasteiger partial charge in [0.05, 0.1) is 24.4 Å². The molecule has 0 aromatic heterocycles. The summed E-state index contributed by atoms with van der Waals surface area (Å²) in [6.07, 6.45) is -0.369. The molecule has 19 heavy (non-hydrogen) atoms. The molecule has 0 aliphatic carbocycles. The van der Waals surface area contributed by atoms with Crippen LogP contribution in [0, 0.1) is 0 Å². The van der Waals surface area contributed by atoms with E-state index in [2.05, 4.69) is 31.9 Å². The lowest BCUT2D eigenvalue weighted by atomic mass is 10.1. The van der Waals surface area contributed by atoms with E-state index in [-0.39, 0.29) is 24.7 Å². The molecule has 1 aromatic carbocycles. The van der Waals surface area contributed by atoms with Crippen LogP contribution in [0.1, 0.15) is 17.3 Å². The normalized spacial score (nSPS) is 23.5. The van der Waals surface area contributed by atoms with E-state index in [1.807, 2.05) is 19.1 Å². The molecular formula is C13H15Br2NO3. The summed E-state index contributed by atoms with van der Waals surface area (Å²) in [5.74, 6) is -0.0482. The third kappa shape index (κ3) is 3.56. The van der Waals surface area contributed by atoms with E-state index in [0.29, 0.717) is 18.7 Å². The fourth-order valence-corrected chi connectivity index (χ4v) is 3.36. The SMILES string of the molecule is CC1CN(C(=O)c2ccc(Br)cc2Br)CC(CO)O1. The molecule has 1 aromatic rings. The largest absolute Gasteiger partial charge is 0.394 e. The Hall–Kier alpha value is -0.430. The number of benzene rings is 1. The number of morpholine rings is 1. The minimum Gasteiger partial charge on any atom is -0.394 e. The van der Waals surface area contributed by atoms with Crippen molar-refractivity contribution in [2.24, 2.45) is 0 Å². The second kappa shape index (κ2) is 6.35. The summed E-state index contributed by atoms with van der Waals surface area (Å²) in [5.41, 5.74) is 0.619. The second-order valence-electron chi connectivity index (χ2n) is 4.59. The van der Waals surface area contributed by atoms with Crippen molar-refractivity contribution in [3.05, 3.63) is 32.7 Å². The Morgan fingerprint density at radius 2 is 2.21 bits per heavy atom. The number of aliphatic hydroxyl groups is 1. The predicted molar refractivity (Wildman–Crippen MR) is 79.2 cm³/mol. The first-order chi connectivity index (χ1) is 9.01. The average molecular weight is 393 g/mol. The summed E-state index contributed by atoms with van der Waals surface area (Å²) in [4.78, 5) is 14.2. The zero-order valence-electron chi connectivity index (χ0n) is 10.5. The first-order valence-electron chi connectivity index (χ1n) is 6.02. The number of hydrogen-bond donors (Lipinski definition) is 1. The summed E-state index contributed by atoms with van der Waals surface area (Å²) in [6, 6.07) is 5.47. The Kier molecular flexibility index (Phi) is 5.00. The first-order valence-corrected chi connectivity index (χ1v) is 7.60. The second-order valence-corrected chi connectivity index (χ2v) is 6.36. The zero-order valence-corrected chi connectivity index (χ0v) is 13.6. The minimum atomic E-state index is -0.304. The van der Waals surface area contributed by atoms with Crippen molar-refractivity contribution < 1.29 is 14.6 Å². The zero-order chi connectivity index (χ0) is 14.0. The van der Waals surface area contributed by atoms with E-state index in [0.717, 1.165) is 8.95 Å². The van der Waals surface area contributed by atoms with Crippen LogP contribution < -0.4 is 0 Å². The maximum absolute atomic E-state index is 12.5. The number of nitrogens with zero attached hydrogens (tertiary/aromatic N) is 1. The van der Waals surface area contributed by atoms with Crippen molar-refractivity contribution in [3.8, 4) is 0 Å². The van der Waals surface area contributed by atoms with Crippen LogP contribution in [0.25, 0.3) is 0 Å². The number of hydrogen-bond acceptors (Lipinski definition) is 3. The van der Waals surface area contributed by atoms with Gasteiger partial charge in [0, 0.05) is 22.0 Å². The summed E-state index contributed by atoms with van der Waals surface area (Å²) in [7, 11) is 0. The molecule has 0 radical (unpaired) electrons. The van der Waals surface area contributed by atoms with Gasteiger partial charge in [-0.25, -0.2) is 0 Å². The molecule has 6 heteroatoms. The van der Waals surface area contributed by atoms with Crippen LogP contribution in [0.15, 0.2) is 27.1 Å². The van der Waals surface area contributed by atoms with Gasteiger partial charge in [0.25, 0.3) is 5.91 Å². The van der Waals surface area contributed by atoms with Gasteiger partial charge in [-0.15, -0.1) is 0 Å². The van der Waals surface area contributed by atoms with E-state index in [9.17, 15) is 9.90 Å². The van der Waals surface area contributed by atoms with Crippen LogP contribution in [-0.2, 0) is 4.74 Å². The molecule has 0 saturated carbocycles. The third-order valence-electron chi connectivity index (χ3n) is 2.98. The lowest BCUT2D eigenvalue weighted by molar-refractivity contribution is -0.0858. The number of carbonyl (C=O) groups is 1. The standard InChI is InChI=1S/C13H15Br2NO3/c1-8-5-16(6-10(7-17)19-8)13(18)11-3-2-9(14)4-12(11)15/h2-4,8,10,17H,5-7H2,1H3. The molecule has 0 spiro atoms. The molecule has 1 aliphatic rings. The minimum absolute atomic E-state index is 0.0482. The maximum atomic E-state index is 12.5. The van der Waals surface area contributed by atoms with E-state index in [1.54, 1.807) is 11.0 Å². The van der Waals surface area contributed by atoms with Gasteiger partial charge in [-0.3, -0.25) is 4.79 Å². The fourth-order valence-electron chi connectivity index (χ4n) is 2.15. The molecule has 1 heterocycles. The number of ether oxygens (including phenoxy) is 1. The van der Waals surface area contributed by atoms with Gasteiger partial charge in [0.1, 0.15) is 0 Å². The lowest BCUT2D eigenvalue weighted by Gasteiger charge is -2.36. The monoisotopic (exact) mass is 391 g/mol. The van der Waals surface area contributed by atoms with Crippen molar-refractivity contribution in [1.82, 2.24) is 4.90 Å². The number of halogens is 2. The molecule has 4 nitrogen and oxygen atoms in total. The van der Waals surface area contributed by atoms with Crippen LogP contribution in [-0.4, -0.2) is 47.8 Å². The van der Waals surface area contributed by atoms with Crippen molar-refractivity contribution in [3.63, 3.8) is 0 Å². The Morgan fingerprint density at radius 3 is 2.84 bits per heavy atom. The highest BCUT2D eigenvalue weighted by Crippen LogP contribution is 2.24. The van der Waals surface area contributed by atoms with Gasteiger partial charge in [-0.05, 0) is 41.1 Å². The van der Waals surface area contributed by atoms with Crippen molar-refractivity contribution in [1.29, 1.82) is 0 Å². The smallest absolute Gasteiger partial charge is 0.255 e. The van der Waals surface area contributed by atoms with E-state index < -0.39 is 0 Å². The quantitative estimate of drug-likeness (QED) is 0.840. The molecule has 0 bridgehead atoms. The molecule has 1 N–H and O–H groups in total. The van der Waals surface area contributed by atoms with Gasteiger partial charge in [-0.2, -0.15) is 0 Å².